The van der Waals surface area contributed by atoms with E-state index in [0.29, 0.717) is 24.1 Å². The van der Waals surface area contributed by atoms with Gasteiger partial charge in [0.05, 0.1) is 33.4 Å². The van der Waals surface area contributed by atoms with Crippen LogP contribution in [0.2, 0.25) is 0 Å². The van der Waals surface area contributed by atoms with Crippen LogP contribution in [0.5, 0.6) is 0 Å². The third kappa shape index (κ3) is 19.9. The maximum Gasteiger partial charge on any atom is 0.288 e. The summed E-state index contributed by atoms with van der Waals surface area (Å²) in [5.74, 6) is -2.56. The summed E-state index contributed by atoms with van der Waals surface area (Å²) in [6.45, 7) is 1.79. The van der Waals surface area contributed by atoms with E-state index in [9.17, 15) is 0 Å². The van der Waals surface area contributed by atoms with Crippen LogP contribution in [0.1, 0.15) is 0 Å². The Morgan fingerprint density at radius 2 is 1.20 bits per heavy atom. The van der Waals surface area contributed by atoms with Crippen molar-refractivity contribution in [1.29, 1.82) is 0 Å². The van der Waals surface area contributed by atoms with Crippen molar-refractivity contribution in [2.45, 2.75) is 5.97 Å². The first-order chi connectivity index (χ1) is 8.24. The van der Waals surface area contributed by atoms with Crippen molar-refractivity contribution >= 4 is 0 Å². The summed E-state index contributed by atoms with van der Waals surface area (Å²) in [6.07, 6.45) is 0. The molecular weight excluding hydrogens is 276 g/mol. The molecule has 0 aromatic rings. The minimum Gasteiger partial charge on any atom is -0.870 e. The molecule has 0 aliphatic heterocycles. The maximum absolute atomic E-state index is 8.68. The third-order valence-corrected chi connectivity index (χ3v) is 2.33. The highest BCUT2D eigenvalue weighted by molar-refractivity contribution is 4.46. The lowest BCUT2D eigenvalue weighted by molar-refractivity contribution is -0.910. The molecule has 0 rings (SSSR count). The van der Waals surface area contributed by atoms with Gasteiger partial charge in [-0.05, 0) is 7.05 Å². The van der Waals surface area contributed by atoms with Gasteiger partial charge < -0.3 is 51.4 Å². The Morgan fingerprint density at radius 1 is 0.900 bits per heavy atom. The van der Waals surface area contributed by atoms with Crippen LogP contribution in [0.3, 0.4) is 0 Å². The number of aliphatic hydroxyl groups is 6. The molecule has 0 aromatic heterocycles. The number of quaternary nitrogens is 1. The highest BCUT2D eigenvalue weighted by Gasteiger charge is 2.18. The lowest BCUT2D eigenvalue weighted by Gasteiger charge is -2.32. The molecule has 0 aliphatic carbocycles. The molecule has 0 aliphatic rings. The summed E-state index contributed by atoms with van der Waals surface area (Å²) in [5, 5.41) is 52.6. The van der Waals surface area contributed by atoms with E-state index in [4.69, 9.17) is 30.6 Å². The highest BCUT2D eigenvalue weighted by atomic mass is 16.7. The van der Waals surface area contributed by atoms with Gasteiger partial charge in [-0.1, -0.05) is 0 Å². The molecule has 0 radical (unpaired) electrons. The van der Waals surface area contributed by atoms with Crippen molar-refractivity contribution < 1.29 is 46.1 Å². The van der Waals surface area contributed by atoms with Gasteiger partial charge in [0.1, 0.15) is 19.6 Å². The normalized spacial score (nSPS) is 10.8. The van der Waals surface area contributed by atoms with Crippen molar-refractivity contribution in [2.75, 3.05) is 60.1 Å². The zero-order chi connectivity index (χ0) is 14.7. The smallest absolute Gasteiger partial charge is 0.288 e. The molecule has 0 heterocycles. The Morgan fingerprint density at radius 3 is 1.30 bits per heavy atom. The van der Waals surface area contributed by atoms with Gasteiger partial charge in [0, 0.05) is 0 Å². The molecule has 10 N–H and O–H groups in total. The molecule has 0 unspecified atom stereocenters. The van der Waals surface area contributed by atoms with Gasteiger partial charge in [0.25, 0.3) is 5.97 Å². The van der Waals surface area contributed by atoms with Crippen LogP contribution in [-0.4, -0.2) is 112 Å². The van der Waals surface area contributed by atoms with Crippen LogP contribution >= 0.6 is 0 Å². The largest absolute Gasteiger partial charge is 0.870 e. The van der Waals surface area contributed by atoms with Gasteiger partial charge in [-0.2, -0.15) is 0 Å². The molecule has 10 heteroatoms. The number of likely N-dealkylation sites (N-methyl/N-ethyl adjacent to an activating group) is 2. The number of hydrogen-bond acceptors (Lipinski definition) is 8. The SMILES string of the molecule is CNCC(O)(O)O.C[N+](CCO)(CCO)CCO.O.[OH-]. The zero-order valence-electron chi connectivity index (χ0n) is 12.0. The monoisotopic (exact) mass is 306 g/mol. The summed E-state index contributed by atoms with van der Waals surface area (Å²) in [4.78, 5) is 0. The van der Waals surface area contributed by atoms with Gasteiger partial charge in [0.15, 0.2) is 0 Å². The predicted molar refractivity (Wildman–Crippen MR) is 70.9 cm³/mol. The van der Waals surface area contributed by atoms with Gasteiger partial charge in [-0.25, -0.2) is 0 Å². The van der Waals surface area contributed by atoms with E-state index in [2.05, 4.69) is 5.32 Å². The van der Waals surface area contributed by atoms with Crippen molar-refractivity contribution in [2.24, 2.45) is 0 Å². The van der Waals surface area contributed by atoms with E-state index in [0.717, 1.165) is 0 Å². The quantitative estimate of drug-likeness (QED) is 0.171. The first-order valence-electron chi connectivity index (χ1n) is 5.72. The first kappa shape index (κ1) is 27.9. The Kier molecular flexibility index (Phi) is 20.9. The van der Waals surface area contributed by atoms with E-state index in [1.54, 1.807) is 0 Å². The van der Waals surface area contributed by atoms with Gasteiger partial charge in [-0.15, -0.1) is 0 Å². The Labute approximate surface area is 118 Å². The molecule has 10 nitrogen and oxygen atoms in total. The van der Waals surface area contributed by atoms with E-state index >= 15 is 0 Å². The molecule has 128 valence electrons. The molecule has 0 fully saturated rings. The molecule has 0 saturated heterocycles. The van der Waals surface area contributed by atoms with Crippen LogP contribution in [0.15, 0.2) is 0 Å². The molecule has 0 aromatic carbocycles. The average molecular weight is 306 g/mol. The van der Waals surface area contributed by atoms with Crippen LogP contribution in [0.4, 0.5) is 0 Å². The molecular formula is C10H30N2O8. The Bertz CT molecular complexity index is 172. The summed E-state index contributed by atoms with van der Waals surface area (Å²) >= 11 is 0. The van der Waals surface area contributed by atoms with E-state index in [-0.39, 0.29) is 37.3 Å². The topological polar surface area (TPSA) is 195 Å². The van der Waals surface area contributed by atoms with Gasteiger partial charge in [-0.3, -0.25) is 0 Å². The third-order valence-electron chi connectivity index (χ3n) is 2.33. The second kappa shape index (κ2) is 15.0. The standard InChI is InChI=1S/C7H18NO3.C3H9NO3.2H2O/c1-8(2-5-9,3-6-10)4-7-11;1-4-2-3(5,6)7;;/h9-11H,2-7H2,1H3;4-7H,2H2,1H3;2*1H2/q+1;;;/p-1. The first-order valence-corrected chi connectivity index (χ1v) is 5.72. The van der Waals surface area contributed by atoms with Crippen molar-refractivity contribution in [3.8, 4) is 0 Å². The lowest BCUT2D eigenvalue weighted by Crippen LogP contribution is -2.49. The number of rotatable bonds is 8. The molecule has 0 spiro atoms. The Balaban J connectivity index is -0.000000126. The molecule has 0 bridgehead atoms. The fourth-order valence-corrected chi connectivity index (χ4v) is 1.30. The van der Waals surface area contributed by atoms with E-state index in [1.165, 1.54) is 7.05 Å². The minimum absolute atomic E-state index is 0. The van der Waals surface area contributed by atoms with Gasteiger partial charge >= 0.3 is 0 Å². The van der Waals surface area contributed by atoms with Crippen LogP contribution < -0.4 is 5.32 Å². The lowest BCUT2D eigenvalue weighted by atomic mass is 10.4. The minimum atomic E-state index is -2.56. The van der Waals surface area contributed by atoms with Crippen LogP contribution in [0, 0.1) is 0 Å². The zero-order valence-corrected chi connectivity index (χ0v) is 12.0. The van der Waals surface area contributed by atoms with Gasteiger partial charge in [0.2, 0.25) is 0 Å². The van der Waals surface area contributed by atoms with E-state index < -0.39 is 5.97 Å². The maximum atomic E-state index is 8.68. The number of hydrogen-bond donors (Lipinski definition) is 7. The summed E-state index contributed by atoms with van der Waals surface area (Å²) < 4.78 is 0.531. The molecule has 20 heavy (non-hydrogen) atoms. The summed E-state index contributed by atoms with van der Waals surface area (Å²) in [6, 6.07) is 0. The van der Waals surface area contributed by atoms with Crippen molar-refractivity contribution in [3.63, 3.8) is 0 Å². The van der Waals surface area contributed by atoms with E-state index in [1.807, 2.05) is 7.05 Å². The number of nitrogens with zero attached hydrogens (tertiary/aromatic N) is 1. The Hall–Kier alpha value is -0.400. The fraction of sp³-hybridized carbons (Fsp3) is 1.00. The molecule has 0 amide bonds. The molecule has 0 atom stereocenters. The highest BCUT2D eigenvalue weighted by Crippen LogP contribution is 1.99. The summed E-state index contributed by atoms with van der Waals surface area (Å²) in [5.41, 5.74) is 0. The second-order valence-corrected chi connectivity index (χ2v) is 4.27. The fourth-order valence-electron chi connectivity index (χ4n) is 1.30. The van der Waals surface area contributed by atoms with Crippen LogP contribution in [-0.2, 0) is 0 Å². The average Bonchev–Trinajstić information content (AvgIpc) is 2.17. The number of aliphatic hydroxyl groups excluding tert-OH is 3. The van der Waals surface area contributed by atoms with Crippen molar-refractivity contribution in [1.82, 2.24) is 5.32 Å². The van der Waals surface area contributed by atoms with Crippen LogP contribution in [0.25, 0.3) is 0 Å². The second-order valence-electron chi connectivity index (χ2n) is 4.27. The summed E-state index contributed by atoms with van der Waals surface area (Å²) in [7, 11) is 3.40. The molecule has 0 saturated carbocycles. The van der Waals surface area contributed by atoms with Crippen molar-refractivity contribution in [3.05, 3.63) is 0 Å². The predicted octanol–water partition coefficient (Wildman–Crippen LogP) is -4.76. The number of nitrogens with one attached hydrogen (secondary N) is 1.